The first kappa shape index (κ1) is 31.3. The molecule has 3 rings (SSSR count). The average molecular weight is 607 g/mol. The van der Waals surface area contributed by atoms with E-state index in [1.165, 1.54) is 42.3 Å². The molecule has 0 aromatic heterocycles. The first-order chi connectivity index (χ1) is 18.8. The molecule has 3 aromatic carbocycles. The van der Waals surface area contributed by atoms with Gasteiger partial charge in [0.25, 0.3) is 10.0 Å². The number of benzene rings is 3. The van der Waals surface area contributed by atoms with E-state index in [1.807, 2.05) is 20.8 Å². The number of aryl methyl sites for hydroxylation is 1. The van der Waals surface area contributed by atoms with Gasteiger partial charge in [0, 0.05) is 17.6 Å². The fourth-order valence-electron chi connectivity index (χ4n) is 3.98. The van der Waals surface area contributed by atoms with Gasteiger partial charge < -0.3 is 15.0 Å². The number of rotatable bonds is 11. The molecule has 0 saturated carbocycles. The zero-order valence-electron chi connectivity index (χ0n) is 23.0. The molecule has 1 unspecified atom stereocenters. The van der Waals surface area contributed by atoms with Crippen molar-refractivity contribution in [3.05, 3.63) is 87.9 Å². The molecule has 11 heteroatoms. The van der Waals surface area contributed by atoms with Gasteiger partial charge in [0.2, 0.25) is 11.8 Å². The highest BCUT2D eigenvalue weighted by Gasteiger charge is 2.33. The average Bonchev–Trinajstić information content (AvgIpc) is 2.91. The van der Waals surface area contributed by atoms with Crippen molar-refractivity contribution in [2.75, 3.05) is 18.0 Å². The van der Waals surface area contributed by atoms with Crippen LogP contribution in [0.4, 0.5) is 5.69 Å². The third kappa shape index (κ3) is 7.68. The summed E-state index contributed by atoms with van der Waals surface area (Å²) in [6.07, 6.45) is 0. The van der Waals surface area contributed by atoms with E-state index >= 15 is 0 Å². The fraction of sp³-hybridized carbons (Fsp3) is 0.310. The standard InChI is InChI=1S/C29H33Cl2N3O5S/c1-19(2)32-29(36)21(4)33(17-22-7-6-8-24(15-22)39-5)28(35)18-34(27-16-23(30)11-14-26(27)31)40(37,38)25-12-9-20(3)10-13-25/h6-16,19,21H,17-18H2,1-5H3,(H,32,36). The van der Waals surface area contributed by atoms with Gasteiger partial charge in [-0.3, -0.25) is 13.9 Å². The molecule has 3 aromatic rings. The predicted molar refractivity (Wildman–Crippen MR) is 158 cm³/mol. The first-order valence-corrected chi connectivity index (χ1v) is 14.8. The lowest BCUT2D eigenvalue weighted by molar-refractivity contribution is -0.139. The van der Waals surface area contributed by atoms with Crippen LogP contribution in [0.5, 0.6) is 5.75 Å². The molecular weight excluding hydrogens is 573 g/mol. The molecule has 40 heavy (non-hydrogen) atoms. The van der Waals surface area contributed by atoms with Crippen LogP contribution in [-0.4, -0.2) is 50.9 Å². The number of carbonyl (C=O) groups excluding carboxylic acids is 2. The van der Waals surface area contributed by atoms with E-state index in [9.17, 15) is 18.0 Å². The Morgan fingerprint density at radius 2 is 1.65 bits per heavy atom. The zero-order chi connectivity index (χ0) is 29.6. The molecule has 0 saturated heterocycles. The Labute approximate surface area is 245 Å². The molecule has 8 nitrogen and oxygen atoms in total. The van der Waals surface area contributed by atoms with Gasteiger partial charge in [-0.05, 0) is 75.7 Å². The van der Waals surface area contributed by atoms with Gasteiger partial charge in [0.1, 0.15) is 18.3 Å². The van der Waals surface area contributed by atoms with Crippen LogP contribution in [0.3, 0.4) is 0 Å². The Kier molecular flexibility index (Phi) is 10.5. The summed E-state index contributed by atoms with van der Waals surface area (Å²) in [5.41, 5.74) is 1.62. The van der Waals surface area contributed by atoms with Crippen molar-refractivity contribution in [3.63, 3.8) is 0 Å². The smallest absolute Gasteiger partial charge is 0.264 e. The fourth-order valence-corrected chi connectivity index (χ4v) is 5.84. The largest absolute Gasteiger partial charge is 0.497 e. The van der Waals surface area contributed by atoms with Crippen molar-refractivity contribution >= 4 is 50.7 Å². The summed E-state index contributed by atoms with van der Waals surface area (Å²) in [5.74, 6) is -0.403. The Morgan fingerprint density at radius 1 is 0.975 bits per heavy atom. The number of carbonyl (C=O) groups is 2. The Morgan fingerprint density at radius 3 is 2.27 bits per heavy atom. The number of halogens is 2. The minimum absolute atomic E-state index is 0.0214. The number of anilines is 1. The highest BCUT2D eigenvalue weighted by molar-refractivity contribution is 7.92. The second kappa shape index (κ2) is 13.4. The Hall–Kier alpha value is -3.27. The van der Waals surface area contributed by atoms with Crippen LogP contribution in [0.2, 0.25) is 10.0 Å². The van der Waals surface area contributed by atoms with Gasteiger partial charge in [-0.25, -0.2) is 8.42 Å². The molecular formula is C29H33Cl2N3O5S. The molecule has 0 radical (unpaired) electrons. The maximum absolute atomic E-state index is 14.0. The van der Waals surface area contributed by atoms with Crippen molar-refractivity contribution in [2.45, 2.75) is 51.2 Å². The summed E-state index contributed by atoms with van der Waals surface area (Å²) in [6.45, 7) is 6.47. The number of hydrogen-bond donors (Lipinski definition) is 1. The van der Waals surface area contributed by atoms with Crippen LogP contribution < -0.4 is 14.4 Å². The van der Waals surface area contributed by atoms with Crippen LogP contribution in [0.1, 0.15) is 31.9 Å². The van der Waals surface area contributed by atoms with E-state index in [0.29, 0.717) is 11.3 Å². The molecule has 0 aliphatic carbocycles. The lowest BCUT2D eigenvalue weighted by Crippen LogP contribution is -2.52. The summed E-state index contributed by atoms with van der Waals surface area (Å²) in [6, 6.07) is 16.7. The maximum atomic E-state index is 14.0. The lowest BCUT2D eigenvalue weighted by atomic mass is 10.1. The van der Waals surface area contributed by atoms with E-state index in [2.05, 4.69) is 5.32 Å². The van der Waals surface area contributed by atoms with Gasteiger partial charge >= 0.3 is 0 Å². The van der Waals surface area contributed by atoms with Crippen LogP contribution in [0, 0.1) is 6.92 Å². The summed E-state index contributed by atoms with van der Waals surface area (Å²) in [5, 5.41) is 3.16. The quantitative estimate of drug-likeness (QED) is 0.313. The SMILES string of the molecule is COc1cccc(CN(C(=O)CN(c2cc(Cl)ccc2Cl)S(=O)(=O)c2ccc(C)cc2)C(C)C(=O)NC(C)C)c1. The highest BCUT2D eigenvalue weighted by atomic mass is 35.5. The Balaban J connectivity index is 2.08. The minimum Gasteiger partial charge on any atom is -0.497 e. The van der Waals surface area contributed by atoms with Crippen molar-refractivity contribution in [3.8, 4) is 5.75 Å². The number of amides is 2. The number of ether oxygens (including phenoxy) is 1. The minimum atomic E-state index is -4.27. The molecule has 214 valence electrons. The molecule has 0 fully saturated rings. The van der Waals surface area contributed by atoms with Crippen molar-refractivity contribution in [1.82, 2.24) is 10.2 Å². The second-order valence-electron chi connectivity index (χ2n) is 9.63. The number of nitrogens with zero attached hydrogens (tertiary/aromatic N) is 2. The van der Waals surface area contributed by atoms with Gasteiger partial charge in [-0.2, -0.15) is 0 Å². The Bertz CT molecular complexity index is 1460. The summed E-state index contributed by atoms with van der Waals surface area (Å²) >= 11 is 12.7. The highest BCUT2D eigenvalue weighted by Crippen LogP contribution is 2.33. The first-order valence-electron chi connectivity index (χ1n) is 12.6. The third-order valence-electron chi connectivity index (χ3n) is 6.15. The molecule has 0 heterocycles. The van der Waals surface area contributed by atoms with Crippen LogP contribution >= 0.6 is 23.2 Å². The number of nitrogens with one attached hydrogen (secondary N) is 1. The normalized spacial score (nSPS) is 12.1. The molecule has 1 N–H and O–H groups in total. The van der Waals surface area contributed by atoms with Crippen LogP contribution in [-0.2, 0) is 26.2 Å². The molecule has 0 bridgehead atoms. The van der Waals surface area contributed by atoms with Crippen molar-refractivity contribution < 1.29 is 22.7 Å². The molecule has 0 aliphatic heterocycles. The van der Waals surface area contributed by atoms with Crippen molar-refractivity contribution in [1.29, 1.82) is 0 Å². The molecule has 2 amide bonds. The molecule has 1 atom stereocenters. The van der Waals surface area contributed by atoms with E-state index in [-0.39, 0.29) is 39.1 Å². The van der Waals surface area contributed by atoms with Crippen LogP contribution in [0.15, 0.2) is 71.6 Å². The zero-order valence-corrected chi connectivity index (χ0v) is 25.3. The third-order valence-corrected chi connectivity index (χ3v) is 8.48. The van der Waals surface area contributed by atoms with E-state index in [0.717, 1.165) is 9.87 Å². The molecule has 0 aliphatic rings. The maximum Gasteiger partial charge on any atom is 0.264 e. The predicted octanol–water partition coefficient (Wildman–Crippen LogP) is 5.45. The van der Waals surface area contributed by atoms with E-state index in [1.54, 1.807) is 43.3 Å². The summed E-state index contributed by atoms with van der Waals surface area (Å²) in [4.78, 5) is 28.3. The van der Waals surface area contributed by atoms with Gasteiger partial charge in [0.05, 0.1) is 22.7 Å². The lowest BCUT2D eigenvalue weighted by Gasteiger charge is -2.32. The van der Waals surface area contributed by atoms with E-state index < -0.39 is 28.5 Å². The second-order valence-corrected chi connectivity index (χ2v) is 12.3. The number of hydrogen-bond acceptors (Lipinski definition) is 5. The number of sulfonamides is 1. The monoisotopic (exact) mass is 605 g/mol. The van der Waals surface area contributed by atoms with Gasteiger partial charge in [-0.1, -0.05) is 53.0 Å². The summed E-state index contributed by atoms with van der Waals surface area (Å²) < 4.78 is 34.1. The van der Waals surface area contributed by atoms with Crippen LogP contribution in [0.25, 0.3) is 0 Å². The van der Waals surface area contributed by atoms with Gasteiger partial charge in [0.15, 0.2) is 0 Å². The molecule has 0 spiro atoms. The van der Waals surface area contributed by atoms with Crippen molar-refractivity contribution in [2.24, 2.45) is 0 Å². The van der Waals surface area contributed by atoms with Gasteiger partial charge in [-0.15, -0.1) is 0 Å². The number of methoxy groups -OCH3 is 1. The van der Waals surface area contributed by atoms with E-state index in [4.69, 9.17) is 27.9 Å². The topological polar surface area (TPSA) is 96.0 Å². The summed E-state index contributed by atoms with van der Waals surface area (Å²) in [7, 11) is -2.73.